The molecule has 206 valence electrons. The fraction of sp³-hybridized carbons (Fsp3) is 0.250. The number of fused-ring (bicyclic) bond motifs is 1. The standard InChI is InChI=1S/C28H22N5O7P/c34-10-18-17(40-41(37)38)9-19(39-18)33-11-29-24-26(33)31-28(32-27(24)36)30-23-15-7-6-13-5-4-12-2-1-3-14-8-16(25(23)35)22(15)21(13)20(12)14/h1-8,11,17-19,23,25,34-35H,9-10H2,(H2-,30,31,32,36,37,38)/p+1/t17-,18+,19+,23-,25-/m0/s1. The summed E-state index contributed by atoms with van der Waals surface area (Å²) in [7, 11) is -2.90. The summed E-state index contributed by atoms with van der Waals surface area (Å²) in [6.07, 6.45) is -1.76. The molecule has 13 heteroatoms. The van der Waals surface area contributed by atoms with E-state index < -0.39 is 51.0 Å². The molecule has 1 saturated heterocycles. The largest absolute Gasteiger partial charge is 0.695 e. The van der Waals surface area contributed by atoms with Crippen molar-refractivity contribution in [2.75, 3.05) is 11.9 Å². The molecule has 1 unspecified atom stereocenters. The predicted molar refractivity (Wildman–Crippen MR) is 150 cm³/mol. The molecule has 0 bridgehead atoms. The van der Waals surface area contributed by atoms with Crippen LogP contribution in [0.15, 0.2) is 59.7 Å². The van der Waals surface area contributed by atoms with Gasteiger partial charge in [0.1, 0.15) is 24.5 Å². The van der Waals surface area contributed by atoms with Gasteiger partial charge in [0.05, 0.1) is 19.0 Å². The van der Waals surface area contributed by atoms with Crippen LogP contribution >= 0.6 is 8.25 Å². The smallest absolute Gasteiger partial charge is 0.394 e. The Kier molecular flexibility index (Phi) is 5.42. The molecule has 6 atom stereocenters. The van der Waals surface area contributed by atoms with Gasteiger partial charge in [-0.3, -0.25) is 14.3 Å². The van der Waals surface area contributed by atoms with E-state index >= 15 is 0 Å². The van der Waals surface area contributed by atoms with E-state index in [9.17, 15) is 24.5 Å². The number of rotatable bonds is 6. The monoisotopic (exact) mass is 572 g/mol. The highest BCUT2D eigenvalue weighted by Crippen LogP contribution is 2.50. The van der Waals surface area contributed by atoms with Gasteiger partial charge in [-0.25, -0.2) is 4.98 Å². The van der Waals surface area contributed by atoms with Crippen molar-refractivity contribution in [3.63, 3.8) is 0 Å². The van der Waals surface area contributed by atoms with Gasteiger partial charge in [-0.1, -0.05) is 42.5 Å². The molecule has 2 aliphatic rings. The molecule has 4 aromatic carbocycles. The molecular formula is C28H23N5O7P+. The molecule has 3 heterocycles. The molecule has 0 saturated carbocycles. The number of aromatic amines is 1. The molecule has 0 radical (unpaired) electrons. The molecule has 2 aromatic heterocycles. The van der Waals surface area contributed by atoms with Gasteiger partial charge in [-0.05, 0) is 49.5 Å². The summed E-state index contributed by atoms with van der Waals surface area (Å²) in [6.45, 7) is -0.419. The number of imidazole rings is 1. The van der Waals surface area contributed by atoms with Gasteiger partial charge in [0.25, 0.3) is 5.56 Å². The molecule has 1 fully saturated rings. The highest BCUT2D eigenvalue weighted by atomic mass is 31.1. The average Bonchev–Trinajstić information content (AvgIpc) is 3.64. The zero-order valence-corrected chi connectivity index (χ0v) is 22.2. The molecule has 0 amide bonds. The fourth-order valence-electron chi connectivity index (χ4n) is 6.52. The second-order valence-electron chi connectivity index (χ2n) is 10.5. The Morgan fingerprint density at radius 3 is 2.68 bits per heavy atom. The van der Waals surface area contributed by atoms with Crippen LogP contribution in [0.5, 0.6) is 0 Å². The van der Waals surface area contributed by atoms with Crippen LogP contribution in [-0.2, 0) is 13.8 Å². The van der Waals surface area contributed by atoms with Gasteiger partial charge in [0.15, 0.2) is 11.2 Å². The molecule has 8 rings (SSSR count). The van der Waals surface area contributed by atoms with E-state index in [0.29, 0.717) is 0 Å². The molecular weight excluding hydrogens is 549 g/mol. The minimum Gasteiger partial charge on any atom is -0.394 e. The number of anilines is 1. The quantitative estimate of drug-likeness (QED) is 0.147. The molecule has 41 heavy (non-hydrogen) atoms. The first kappa shape index (κ1) is 24.7. The number of nitrogens with one attached hydrogen (secondary N) is 2. The number of nitrogens with zero attached hydrogens (tertiary/aromatic N) is 3. The van der Waals surface area contributed by atoms with E-state index in [4.69, 9.17) is 9.26 Å². The van der Waals surface area contributed by atoms with Crippen molar-refractivity contribution >= 4 is 57.7 Å². The molecule has 1 aliphatic carbocycles. The SMILES string of the molecule is O=c1[nH]c(N[C@H]2c3ccc4ccc5cccc6cc(c3c4c56)[C@@H]2O)nc2c1ncn2[C@H]1C[C@H](O[P+](=O)O)[C@@H](CO)O1. The first-order chi connectivity index (χ1) is 19.9. The van der Waals surface area contributed by atoms with E-state index in [-0.39, 0.29) is 23.5 Å². The Hall–Kier alpha value is -4.03. The summed E-state index contributed by atoms with van der Waals surface area (Å²) >= 11 is 0. The third-order valence-electron chi connectivity index (χ3n) is 8.28. The zero-order chi connectivity index (χ0) is 28.0. The summed E-state index contributed by atoms with van der Waals surface area (Å²) in [6, 6.07) is 15.8. The number of hydrogen-bond donors (Lipinski definition) is 5. The molecule has 1 aliphatic heterocycles. The summed E-state index contributed by atoms with van der Waals surface area (Å²) < 4.78 is 23.6. The number of benzene rings is 4. The third kappa shape index (κ3) is 3.63. The maximum absolute atomic E-state index is 13.0. The second kappa shape index (κ2) is 8.98. The Morgan fingerprint density at radius 1 is 1.10 bits per heavy atom. The average molecular weight is 572 g/mol. The van der Waals surface area contributed by atoms with Crippen LogP contribution < -0.4 is 10.9 Å². The summed E-state index contributed by atoms with van der Waals surface area (Å²) in [5, 5.41) is 31.0. The Morgan fingerprint density at radius 2 is 1.88 bits per heavy atom. The van der Waals surface area contributed by atoms with E-state index in [0.717, 1.165) is 43.4 Å². The lowest BCUT2D eigenvalue weighted by Gasteiger charge is -2.19. The van der Waals surface area contributed by atoms with E-state index in [1.165, 1.54) is 10.9 Å². The lowest BCUT2D eigenvalue weighted by Crippen LogP contribution is -2.25. The minimum absolute atomic E-state index is 0.0759. The van der Waals surface area contributed by atoms with Crippen molar-refractivity contribution < 1.29 is 28.9 Å². The van der Waals surface area contributed by atoms with Crippen molar-refractivity contribution in [2.45, 2.75) is 37.0 Å². The van der Waals surface area contributed by atoms with Gasteiger partial charge >= 0.3 is 8.25 Å². The van der Waals surface area contributed by atoms with Gasteiger partial charge in [-0.15, -0.1) is 9.42 Å². The second-order valence-corrected chi connectivity index (χ2v) is 11.2. The Labute approximate surface area is 231 Å². The lowest BCUT2D eigenvalue weighted by atomic mass is 9.91. The number of aliphatic hydroxyl groups is 2. The van der Waals surface area contributed by atoms with Crippen molar-refractivity contribution in [3.05, 3.63) is 76.3 Å². The van der Waals surface area contributed by atoms with Gasteiger partial charge in [0, 0.05) is 11.0 Å². The third-order valence-corrected chi connectivity index (χ3v) is 8.73. The molecule has 6 aromatic rings. The Balaban J connectivity index is 1.19. The highest BCUT2D eigenvalue weighted by molar-refractivity contribution is 7.32. The zero-order valence-electron chi connectivity index (χ0n) is 21.3. The minimum atomic E-state index is -2.90. The van der Waals surface area contributed by atoms with Crippen LogP contribution in [0, 0.1) is 0 Å². The molecule has 0 spiro atoms. The topological polar surface area (TPSA) is 172 Å². The Bertz CT molecular complexity index is 2080. The fourth-order valence-corrected chi connectivity index (χ4v) is 6.98. The van der Waals surface area contributed by atoms with Gasteiger partial charge in [-0.2, -0.15) is 4.98 Å². The van der Waals surface area contributed by atoms with Crippen molar-refractivity contribution in [1.29, 1.82) is 0 Å². The molecule has 5 N–H and O–H groups in total. The summed E-state index contributed by atoms with van der Waals surface area (Å²) in [4.78, 5) is 33.7. The van der Waals surface area contributed by atoms with Crippen LogP contribution in [-0.4, -0.2) is 53.4 Å². The van der Waals surface area contributed by atoms with Crippen LogP contribution in [0.4, 0.5) is 5.95 Å². The number of H-pyrrole nitrogens is 1. The van der Waals surface area contributed by atoms with Crippen LogP contribution in [0.1, 0.15) is 35.9 Å². The van der Waals surface area contributed by atoms with E-state index in [2.05, 4.69) is 38.5 Å². The summed E-state index contributed by atoms with van der Waals surface area (Å²) in [5.41, 5.74) is 1.52. The van der Waals surface area contributed by atoms with Gasteiger partial charge < -0.3 is 20.3 Å². The van der Waals surface area contributed by atoms with Gasteiger partial charge in [0.2, 0.25) is 5.95 Å². The maximum Gasteiger partial charge on any atom is 0.695 e. The number of hydrogen-bond acceptors (Lipinski definition) is 9. The van der Waals surface area contributed by atoms with Crippen molar-refractivity contribution in [3.8, 4) is 0 Å². The van der Waals surface area contributed by atoms with Crippen LogP contribution in [0.3, 0.4) is 0 Å². The predicted octanol–water partition coefficient (Wildman–Crippen LogP) is 3.53. The maximum atomic E-state index is 13.0. The number of ether oxygens (including phenoxy) is 1. The summed E-state index contributed by atoms with van der Waals surface area (Å²) in [5.74, 6) is 0.138. The van der Waals surface area contributed by atoms with Crippen molar-refractivity contribution in [2.24, 2.45) is 0 Å². The molecule has 12 nitrogen and oxygen atoms in total. The van der Waals surface area contributed by atoms with Crippen molar-refractivity contribution in [1.82, 2.24) is 19.5 Å². The number of aliphatic hydroxyl groups excluding tert-OH is 2. The van der Waals surface area contributed by atoms with E-state index in [1.54, 1.807) is 0 Å². The van der Waals surface area contributed by atoms with Crippen LogP contribution in [0.25, 0.3) is 43.5 Å². The van der Waals surface area contributed by atoms with Crippen LogP contribution in [0.2, 0.25) is 0 Å². The number of aromatic nitrogens is 4. The van der Waals surface area contributed by atoms with E-state index in [1.807, 2.05) is 30.3 Å². The lowest BCUT2D eigenvalue weighted by molar-refractivity contribution is -0.0394. The normalized spacial score (nSPS) is 24.4. The highest BCUT2D eigenvalue weighted by Gasteiger charge is 2.42. The first-order valence-corrected chi connectivity index (χ1v) is 14.3. The first-order valence-electron chi connectivity index (χ1n) is 13.1.